The fourth-order valence-corrected chi connectivity index (χ4v) is 3.26. The van der Waals surface area contributed by atoms with Gasteiger partial charge in [0.1, 0.15) is 0 Å². The van der Waals surface area contributed by atoms with Crippen LogP contribution in [0, 0.1) is 5.92 Å². The van der Waals surface area contributed by atoms with E-state index in [1.807, 2.05) is 13.8 Å². The Kier molecular flexibility index (Phi) is 3.65. The van der Waals surface area contributed by atoms with Gasteiger partial charge < -0.3 is 5.11 Å². The minimum atomic E-state index is -0.683. The number of nitrogens with zero attached hydrogens (tertiary/aromatic N) is 1. The molecule has 2 amide bonds. The Morgan fingerprint density at radius 3 is 2.23 bits per heavy atom. The molecule has 0 aromatic heterocycles. The van der Waals surface area contributed by atoms with Gasteiger partial charge in [0.15, 0.2) is 0 Å². The van der Waals surface area contributed by atoms with Crippen molar-refractivity contribution in [3.63, 3.8) is 0 Å². The van der Waals surface area contributed by atoms with Gasteiger partial charge in [0.2, 0.25) is 0 Å². The summed E-state index contributed by atoms with van der Waals surface area (Å²) in [5, 5.41) is 10.1. The maximum atomic E-state index is 12.3. The summed E-state index contributed by atoms with van der Waals surface area (Å²) >= 11 is 0. The lowest BCUT2D eigenvalue weighted by Crippen LogP contribution is -2.35. The van der Waals surface area contributed by atoms with E-state index in [2.05, 4.69) is 6.08 Å². The number of hydrogen-bond donors (Lipinski definition) is 1. The zero-order valence-electron chi connectivity index (χ0n) is 13.0. The van der Waals surface area contributed by atoms with Crippen LogP contribution in [0.15, 0.2) is 35.9 Å². The summed E-state index contributed by atoms with van der Waals surface area (Å²) in [7, 11) is 0. The molecule has 22 heavy (non-hydrogen) atoms. The number of carbonyl (C=O) groups excluding carboxylic acids is 2. The molecule has 1 aromatic rings. The minimum Gasteiger partial charge on any atom is -0.390 e. The maximum Gasteiger partial charge on any atom is 0.261 e. The van der Waals surface area contributed by atoms with Crippen LogP contribution in [0.5, 0.6) is 0 Å². The molecule has 116 valence electrons. The van der Waals surface area contributed by atoms with E-state index >= 15 is 0 Å². The molecular weight excluding hydrogens is 278 g/mol. The molecule has 0 saturated carbocycles. The van der Waals surface area contributed by atoms with Gasteiger partial charge in [-0.25, -0.2) is 0 Å². The molecule has 0 saturated heterocycles. The summed E-state index contributed by atoms with van der Waals surface area (Å²) in [5.74, 6) is -0.171. The van der Waals surface area contributed by atoms with Crippen LogP contribution in [0.1, 0.15) is 53.8 Å². The van der Waals surface area contributed by atoms with Gasteiger partial charge in [-0.05, 0) is 51.2 Å². The Labute approximate surface area is 130 Å². The topological polar surface area (TPSA) is 57.6 Å². The average Bonchev–Trinajstić information content (AvgIpc) is 2.73. The first-order valence-electron chi connectivity index (χ1n) is 7.73. The van der Waals surface area contributed by atoms with Gasteiger partial charge in [0, 0.05) is 0 Å². The monoisotopic (exact) mass is 299 g/mol. The van der Waals surface area contributed by atoms with Crippen molar-refractivity contribution in [1.29, 1.82) is 0 Å². The van der Waals surface area contributed by atoms with Gasteiger partial charge >= 0.3 is 0 Å². The molecule has 1 N–H and O–H groups in total. The third kappa shape index (κ3) is 2.59. The lowest BCUT2D eigenvalue weighted by Gasteiger charge is -2.32. The molecule has 2 aliphatic rings. The molecule has 0 radical (unpaired) electrons. The number of rotatable bonds is 3. The molecule has 1 aliphatic carbocycles. The second-order valence-corrected chi connectivity index (χ2v) is 6.73. The smallest absolute Gasteiger partial charge is 0.261 e. The fourth-order valence-electron chi connectivity index (χ4n) is 3.26. The molecule has 0 bridgehead atoms. The van der Waals surface area contributed by atoms with Crippen LogP contribution in [0.25, 0.3) is 0 Å². The van der Waals surface area contributed by atoms with Gasteiger partial charge in [-0.2, -0.15) is 0 Å². The largest absolute Gasteiger partial charge is 0.390 e. The third-order valence-corrected chi connectivity index (χ3v) is 4.74. The normalized spacial score (nSPS) is 21.9. The van der Waals surface area contributed by atoms with Crippen LogP contribution in [0.4, 0.5) is 0 Å². The van der Waals surface area contributed by atoms with Gasteiger partial charge in [-0.1, -0.05) is 23.8 Å². The summed E-state index contributed by atoms with van der Waals surface area (Å²) in [5.41, 5.74) is 1.42. The van der Waals surface area contributed by atoms with Gasteiger partial charge in [0.25, 0.3) is 11.8 Å². The minimum absolute atomic E-state index is 0.203. The SMILES string of the molecule is CC(C)(O)[C@@H]1CC=C(CN2C(=O)c3ccccc3C2=O)CC1. The van der Waals surface area contributed by atoms with Crippen molar-refractivity contribution in [3.8, 4) is 0 Å². The van der Waals surface area contributed by atoms with E-state index in [-0.39, 0.29) is 17.7 Å². The van der Waals surface area contributed by atoms with Crippen LogP contribution in [-0.4, -0.2) is 34.0 Å². The lowest BCUT2D eigenvalue weighted by atomic mass is 9.79. The molecule has 0 unspecified atom stereocenters. The van der Waals surface area contributed by atoms with E-state index < -0.39 is 5.60 Å². The number of fused-ring (bicyclic) bond motifs is 1. The number of allylic oxidation sites excluding steroid dienone is 1. The molecule has 3 rings (SSSR count). The summed E-state index contributed by atoms with van der Waals surface area (Å²) in [6, 6.07) is 6.97. The Balaban J connectivity index is 1.72. The fraction of sp³-hybridized carbons (Fsp3) is 0.444. The Hall–Kier alpha value is -1.94. The number of imide groups is 1. The first-order valence-corrected chi connectivity index (χ1v) is 7.73. The van der Waals surface area contributed by atoms with E-state index in [0.29, 0.717) is 17.7 Å². The summed E-state index contributed by atoms with van der Waals surface area (Å²) < 4.78 is 0. The standard InChI is InChI=1S/C18H21NO3/c1-18(2,22)13-9-7-12(8-10-13)11-19-16(20)14-5-3-4-6-15(14)17(19)21/h3-7,13,22H,8-11H2,1-2H3/t13-/m1/s1. The van der Waals surface area contributed by atoms with Crippen molar-refractivity contribution < 1.29 is 14.7 Å². The van der Waals surface area contributed by atoms with E-state index in [1.54, 1.807) is 24.3 Å². The Morgan fingerprint density at radius 1 is 1.18 bits per heavy atom. The first-order chi connectivity index (χ1) is 10.4. The van der Waals surface area contributed by atoms with Gasteiger partial charge in [-0.3, -0.25) is 14.5 Å². The summed E-state index contributed by atoms with van der Waals surface area (Å²) in [4.78, 5) is 26.0. The predicted octanol–water partition coefficient (Wildman–Crippen LogP) is 2.78. The maximum absolute atomic E-state index is 12.3. The average molecular weight is 299 g/mol. The molecule has 1 aromatic carbocycles. The molecule has 4 heteroatoms. The van der Waals surface area contributed by atoms with Crippen LogP contribution < -0.4 is 0 Å². The van der Waals surface area contributed by atoms with E-state index in [1.165, 1.54) is 4.90 Å². The Morgan fingerprint density at radius 2 is 1.77 bits per heavy atom. The number of aliphatic hydroxyl groups is 1. The molecule has 1 aliphatic heterocycles. The van der Waals surface area contributed by atoms with Crippen molar-refractivity contribution in [2.45, 2.75) is 38.7 Å². The van der Waals surface area contributed by atoms with Gasteiger partial charge in [-0.15, -0.1) is 0 Å². The lowest BCUT2D eigenvalue weighted by molar-refractivity contribution is 0.0122. The third-order valence-electron chi connectivity index (χ3n) is 4.74. The van der Waals surface area contributed by atoms with Crippen LogP contribution >= 0.6 is 0 Å². The molecular formula is C18H21NO3. The van der Waals surface area contributed by atoms with Gasteiger partial charge in [0.05, 0.1) is 23.3 Å². The molecule has 4 nitrogen and oxygen atoms in total. The highest BCUT2D eigenvalue weighted by atomic mass is 16.3. The highest BCUT2D eigenvalue weighted by Gasteiger charge is 2.36. The number of benzene rings is 1. The number of hydrogen-bond acceptors (Lipinski definition) is 3. The van der Waals surface area contributed by atoms with Crippen LogP contribution in [0.2, 0.25) is 0 Å². The molecule has 1 atom stereocenters. The molecule has 1 heterocycles. The van der Waals surface area contributed by atoms with Crippen molar-refractivity contribution in [2.24, 2.45) is 5.92 Å². The predicted molar refractivity (Wildman–Crippen MR) is 83.5 cm³/mol. The Bertz CT molecular complexity index is 620. The summed E-state index contributed by atoms with van der Waals surface area (Å²) in [6.45, 7) is 4.03. The zero-order valence-corrected chi connectivity index (χ0v) is 13.0. The van der Waals surface area contributed by atoms with Crippen molar-refractivity contribution in [2.75, 3.05) is 6.54 Å². The van der Waals surface area contributed by atoms with Crippen molar-refractivity contribution in [1.82, 2.24) is 4.90 Å². The van der Waals surface area contributed by atoms with Crippen LogP contribution in [0.3, 0.4) is 0 Å². The van der Waals surface area contributed by atoms with Crippen LogP contribution in [-0.2, 0) is 0 Å². The van der Waals surface area contributed by atoms with Crippen molar-refractivity contribution in [3.05, 3.63) is 47.0 Å². The van der Waals surface area contributed by atoms with E-state index in [9.17, 15) is 14.7 Å². The molecule has 0 fully saturated rings. The highest BCUT2D eigenvalue weighted by Crippen LogP contribution is 2.33. The van der Waals surface area contributed by atoms with Crippen molar-refractivity contribution >= 4 is 11.8 Å². The van der Waals surface area contributed by atoms with E-state index in [0.717, 1.165) is 24.8 Å². The second kappa shape index (κ2) is 5.36. The quantitative estimate of drug-likeness (QED) is 0.689. The number of carbonyl (C=O) groups is 2. The number of amides is 2. The first kappa shape index (κ1) is 15.0. The summed E-state index contributed by atoms with van der Waals surface area (Å²) in [6.07, 6.45) is 4.58. The zero-order chi connectivity index (χ0) is 15.9. The molecule has 0 spiro atoms. The second-order valence-electron chi connectivity index (χ2n) is 6.73. The highest BCUT2D eigenvalue weighted by molar-refractivity contribution is 6.21. The van der Waals surface area contributed by atoms with E-state index in [4.69, 9.17) is 0 Å².